The van der Waals surface area contributed by atoms with Gasteiger partial charge in [0.15, 0.2) is 17.0 Å². The summed E-state index contributed by atoms with van der Waals surface area (Å²) in [5.41, 5.74) is 2.72. The number of benzene rings is 2. The third kappa shape index (κ3) is 5.40. The van der Waals surface area contributed by atoms with Crippen LogP contribution in [0.2, 0.25) is 5.28 Å². The lowest BCUT2D eigenvalue weighted by Crippen LogP contribution is -2.42. The van der Waals surface area contributed by atoms with Gasteiger partial charge >= 0.3 is 0 Å². The molecule has 4 N–H and O–H groups in total. The molecule has 11 nitrogen and oxygen atoms in total. The number of nitrogens with zero attached hydrogens (tertiary/aromatic N) is 4. The molecule has 2 aromatic heterocycles. The number of rotatable bonds is 9. The molecule has 2 aromatic carbocycles. The van der Waals surface area contributed by atoms with Crippen molar-refractivity contribution >= 4 is 34.5 Å². The van der Waals surface area contributed by atoms with E-state index < -0.39 is 24.3 Å². The summed E-state index contributed by atoms with van der Waals surface area (Å²) in [5.74, 6) is 1.66. The second-order valence-electron chi connectivity index (χ2n) is 9.60. The molecular formula is C28H31ClN6O5. The van der Waals surface area contributed by atoms with Gasteiger partial charge in [-0.25, -0.2) is 4.98 Å². The number of methoxy groups -OCH3 is 2. The minimum absolute atomic E-state index is 0.0103. The van der Waals surface area contributed by atoms with Gasteiger partial charge in [0.25, 0.3) is 0 Å². The van der Waals surface area contributed by atoms with E-state index in [0.717, 1.165) is 22.6 Å². The Morgan fingerprint density at radius 2 is 1.62 bits per heavy atom. The quantitative estimate of drug-likeness (QED) is 0.224. The Morgan fingerprint density at radius 3 is 2.17 bits per heavy atom. The fourth-order valence-corrected chi connectivity index (χ4v) is 5.22. The van der Waals surface area contributed by atoms with Gasteiger partial charge in [-0.15, -0.1) is 0 Å². The van der Waals surface area contributed by atoms with Crippen LogP contribution in [0.4, 0.5) is 5.82 Å². The summed E-state index contributed by atoms with van der Waals surface area (Å²) in [6, 6.07) is 13.8. The number of aliphatic hydroxyl groups excluding tert-OH is 2. The van der Waals surface area contributed by atoms with Crippen molar-refractivity contribution in [1.29, 1.82) is 0 Å². The topological polar surface area (TPSA) is 144 Å². The Morgan fingerprint density at radius 1 is 1.02 bits per heavy atom. The van der Waals surface area contributed by atoms with Crippen LogP contribution in [-0.2, 0) is 4.79 Å². The number of amides is 1. The van der Waals surface area contributed by atoms with E-state index in [1.165, 1.54) is 0 Å². The van der Waals surface area contributed by atoms with Crippen LogP contribution in [0.15, 0.2) is 54.9 Å². The van der Waals surface area contributed by atoms with E-state index in [-0.39, 0.29) is 23.7 Å². The van der Waals surface area contributed by atoms with Gasteiger partial charge in [-0.05, 0) is 53.4 Å². The molecule has 0 saturated heterocycles. The van der Waals surface area contributed by atoms with Crippen molar-refractivity contribution in [2.75, 3.05) is 19.5 Å². The molecule has 1 amide bonds. The van der Waals surface area contributed by atoms with Crippen LogP contribution in [0.1, 0.15) is 43.0 Å². The lowest BCUT2D eigenvalue weighted by atomic mass is 9.98. The summed E-state index contributed by atoms with van der Waals surface area (Å²) in [5, 5.41) is 27.7. The summed E-state index contributed by atoms with van der Waals surface area (Å²) in [6.07, 6.45) is -0.163. The zero-order chi connectivity index (χ0) is 28.4. The van der Waals surface area contributed by atoms with E-state index in [1.807, 2.05) is 48.5 Å². The van der Waals surface area contributed by atoms with E-state index in [0.29, 0.717) is 23.4 Å². The van der Waals surface area contributed by atoms with Crippen molar-refractivity contribution in [3.63, 3.8) is 0 Å². The van der Waals surface area contributed by atoms with Gasteiger partial charge in [-0.1, -0.05) is 31.2 Å². The van der Waals surface area contributed by atoms with Crippen LogP contribution in [0.5, 0.6) is 11.5 Å². The molecule has 0 radical (unpaired) electrons. The molecule has 210 valence electrons. The van der Waals surface area contributed by atoms with Crippen molar-refractivity contribution in [1.82, 2.24) is 24.8 Å². The molecule has 4 atom stereocenters. The first-order valence-corrected chi connectivity index (χ1v) is 13.3. The van der Waals surface area contributed by atoms with Gasteiger partial charge in [0, 0.05) is 6.42 Å². The molecule has 5 rings (SSSR count). The normalized spacial score (nSPS) is 20.6. The van der Waals surface area contributed by atoms with Crippen molar-refractivity contribution in [3.05, 3.63) is 71.3 Å². The van der Waals surface area contributed by atoms with Crippen LogP contribution in [0.25, 0.3) is 11.2 Å². The number of ether oxygens (including phenoxy) is 2. The second-order valence-corrected chi connectivity index (χ2v) is 9.94. The summed E-state index contributed by atoms with van der Waals surface area (Å²) in [7, 11) is 3.23. The first-order chi connectivity index (χ1) is 19.3. The number of carbonyl (C=O) groups excluding carboxylic acids is 1. The maximum absolute atomic E-state index is 11.9. The highest BCUT2D eigenvalue weighted by atomic mass is 35.5. The van der Waals surface area contributed by atoms with E-state index >= 15 is 0 Å². The third-order valence-corrected chi connectivity index (χ3v) is 7.42. The number of carbonyl (C=O) groups is 1. The van der Waals surface area contributed by atoms with E-state index in [1.54, 1.807) is 32.0 Å². The Hall–Kier alpha value is -3.93. The molecule has 2 heterocycles. The molecule has 40 heavy (non-hydrogen) atoms. The fourth-order valence-electron chi connectivity index (χ4n) is 5.06. The molecule has 1 aliphatic rings. The van der Waals surface area contributed by atoms with Crippen LogP contribution in [-0.4, -0.2) is 68.1 Å². The van der Waals surface area contributed by atoms with Crippen LogP contribution in [0, 0.1) is 0 Å². The van der Waals surface area contributed by atoms with Crippen LogP contribution >= 0.6 is 11.6 Å². The first-order valence-electron chi connectivity index (χ1n) is 12.9. The average molecular weight is 567 g/mol. The molecule has 1 aliphatic carbocycles. The third-order valence-electron chi connectivity index (χ3n) is 7.25. The summed E-state index contributed by atoms with van der Waals surface area (Å²) in [6.45, 7) is 1.73. The van der Waals surface area contributed by atoms with Crippen molar-refractivity contribution in [2.24, 2.45) is 0 Å². The molecule has 0 spiro atoms. The largest absolute Gasteiger partial charge is 0.497 e. The number of aromatic nitrogens is 4. The zero-order valence-corrected chi connectivity index (χ0v) is 23.0. The molecule has 0 unspecified atom stereocenters. The summed E-state index contributed by atoms with van der Waals surface area (Å²) < 4.78 is 12.3. The number of hydrogen-bond donors (Lipinski definition) is 4. The van der Waals surface area contributed by atoms with Crippen molar-refractivity contribution in [3.8, 4) is 11.5 Å². The van der Waals surface area contributed by atoms with E-state index in [9.17, 15) is 15.0 Å². The number of fused-ring (bicyclic) bond motifs is 1. The molecule has 4 aromatic rings. The highest BCUT2D eigenvalue weighted by Gasteiger charge is 2.43. The SMILES string of the molecule is CCC(=O)N[C@H]1C[C@@H](n2cnc3c(NC(c4ccc(OC)cc4)c4ccc(OC)cc4)nc(Cl)nc32)[C@H](O)[C@@H]1O. The van der Waals surface area contributed by atoms with Gasteiger partial charge in [0.2, 0.25) is 11.2 Å². The number of hydrogen-bond acceptors (Lipinski definition) is 9. The summed E-state index contributed by atoms with van der Waals surface area (Å²) >= 11 is 6.39. The van der Waals surface area contributed by atoms with E-state index in [4.69, 9.17) is 21.1 Å². The molecule has 1 fully saturated rings. The fraction of sp³-hybridized carbons (Fsp3) is 0.357. The Bertz CT molecular complexity index is 1430. The lowest BCUT2D eigenvalue weighted by Gasteiger charge is -2.22. The van der Waals surface area contributed by atoms with Crippen LogP contribution in [0.3, 0.4) is 0 Å². The number of nitrogens with one attached hydrogen (secondary N) is 2. The Balaban J connectivity index is 1.52. The number of anilines is 1. The predicted molar refractivity (Wildman–Crippen MR) is 150 cm³/mol. The van der Waals surface area contributed by atoms with Crippen molar-refractivity contribution < 1.29 is 24.5 Å². The van der Waals surface area contributed by atoms with Gasteiger partial charge in [0.1, 0.15) is 23.7 Å². The number of imidazole rings is 1. The minimum Gasteiger partial charge on any atom is -0.497 e. The predicted octanol–water partition coefficient (Wildman–Crippen LogP) is 3.26. The monoisotopic (exact) mass is 566 g/mol. The standard InChI is InChI=1S/C28H31ClN6O5/c1-4-21(36)31-19-13-20(25(38)24(19)37)35-14-30-23-26(33-28(29)34-27(23)35)32-22(15-5-9-17(39-2)10-6-15)16-7-11-18(40-3)12-8-16/h5-12,14,19-20,22,24-25,37-38H,4,13H2,1-3H3,(H,31,36)(H,32,33,34)/t19-,20+,24+,25-/m0/s1. The Labute approximate surface area is 236 Å². The van der Waals surface area contributed by atoms with Gasteiger partial charge in [0.05, 0.1) is 38.7 Å². The van der Waals surface area contributed by atoms with Gasteiger partial charge in [-0.2, -0.15) is 9.97 Å². The maximum atomic E-state index is 11.9. The highest BCUT2D eigenvalue weighted by molar-refractivity contribution is 6.28. The smallest absolute Gasteiger partial charge is 0.226 e. The second kappa shape index (κ2) is 11.7. The van der Waals surface area contributed by atoms with Gasteiger partial charge < -0.3 is 34.9 Å². The summed E-state index contributed by atoms with van der Waals surface area (Å²) in [4.78, 5) is 25.3. The molecule has 0 bridgehead atoms. The van der Waals surface area contributed by atoms with E-state index in [2.05, 4.69) is 25.6 Å². The number of halogens is 1. The average Bonchev–Trinajstić information content (AvgIpc) is 3.52. The lowest BCUT2D eigenvalue weighted by molar-refractivity contribution is -0.122. The Kier molecular flexibility index (Phi) is 8.06. The zero-order valence-electron chi connectivity index (χ0n) is 22.3. The number of aliphatic hydroxyl groups is 2. The molecule has 12 heteroatoms. The molecule has 0 aliphatic heterocycles. The molecular weight excluding hydrogens is 536 g/mol. The van der Waals surface area contributed by atoms with Crippen LogP contribution < -0.4 is 20.1 Å². The van der Waals surface area contributed by atoms with Crippen molar-refractivity contribution in [2.45, 2.75) is 50.1 Å². The molecule has 1 saturated carbocycles. The minimum atomic E-state index is -1.14. The van der Waals surface area contributed by atoms with Gasteiger partial charge in [-0.3, -0.25) is 4.79 Å². The maximum Gasteiger partial charge on any atom is 0.226 e. The highest BCUT2D eigenvalue weighted by Crippen LogP contribution is 2.36. The first kappa shape index (κ1) is 27.6.